The van der Waals surface area contributed by atoms with E-state index in [-0.39, 0.29) is 5.91 Å². The zero-order chi connectivity index (χ0) is 18.2. The molecular weight excluding hydrogens is 334 g/mol. The van der Waals surface area contributed by atoms with Crippen LogP contribution in [0.5, 0.6) is 5.75 Å². The van der Waals surface area contributed by atoms with E-state index in [2.05, 4.69) is 43.4 Å². The predicted molar refractivity (Wildman–Crippen MR) is 103 cm³/mol. The van der Waals surface area contributed by atoms with E-state index in [9.17, 15) is 4.79 Å². The first kappa shape index (κ1) is 19.3. The van der Waals surface area contributed by atoms with Crippen LogP contribution in [0, 0.1) is 0 Å². The Morgan fingerprint density at radius 3 is 2.40 bits per heavy atom. The number of para-hydroxylation sites is 1. The Hall–Kier alpha value is -2.00. The number of benzene rings is 2. The lowest BCUT2D eigenvalue weighted by molar-refractivity contribution is -0.128. The van der Waals surface area contributed by atoms with E-state index in [1.165, 1.54) is 11.1 Å². The molecule has 0 aliphatic heterocycles. The second kappa shape index (κ2) is 9.47. The van der Waals surface area contributed by atoms with Gasteiger partial charge in [-0.25, -0.2) is 0 Å². The van der Waals surface area contributed by atoms with Gasteiger partial charge >= 0.3 is 0 Å². The fraction of sp³-hybridized carbons (Fsp3) is 0.381. The average molecular weight is 360 g/mol. The van der Waals surface area contributed by atoms with Crippen molar-refractivity contribution < 1.29 is 9.53 Å². The molecule has 1 atom stereocenters. The normalized spacial score (nSPS) is 12.0. The third-order valence-corrected chi connectivity index (χ3v) is 4.44. The van der Waals surface area contributed by atoms with Crippen molar-refractivity contribution in [2.24, 2.45) is 0 Å². The lowest BCUT2D eigenvalue weighted by Gasteiger charge is -2.18. The predicted octanol–water partition coefficient (Wildman–Crippen LogP) is 4.98. The monoisotopic (exact) mass is 359 g/mol. The molecule has 2 aromatic carbocycles. The highest BCUT2D eigenvalue weighted by Gasteiger charge is 2.18. The smallest absolute Gasteiger partial charge is 0.261 e. The number of hydrogen-bond donors (Lipinski definition) is 1. The van der Waals surface area contributed by atoms with Crippen LogP contribution in [-0.2, 0) is 11.2 Å². The van der Waals surface area contributed by atoms with Crippen LogP contribution in [0.4, 0.5) is 0 Å². The number of carbonyl (C=O) groups excluding carboxylic acids is 1. The molecule has 2 aromatic rings. The molecule has 4 heteroatoms. The Labute approximate surface area is 155 Å². The van der Waals surface area contributed by atoms with E-state index >= 15 is 0 Å². The van der Waals surface area contributed by atoms with Crippen LogP contribution in [0.15, 0.2) is 48.5 Å². The van der Waals surface area contributed by atoms with Gasteiger partial charge in [-0.05, 0) is 42.0 Å². The van der Waals surface area contributed by atoms with Crippen LogP contribution >= 0.6 is 11.6 Å². The average Bonchev–Trinajstić information content (AvgIpc) is 2.61. The van der Waals surface area contributed by atoms with E-state index in [0.717, 1.165) is 6.42 Å². The zero-order valence-corrected chi connectivity index (χ0v) is 15.8. The van der Waals surface area contributed by atoms with Crippen LogP contribution in [0.2, 0.25) is 5.02 Å². The number of rotatable bonds is 8. The summed E-state index contributed by atoms with van der Waals surface area (Å²) in [5, 5.41) is 3.47. The van der Waals surface area contributed by atoms with Crippen LogP contribution in [0.3, 0.4) is 0 Å². The second-order valence-electron chi connectivity index (χ2n) is 6.38. The third-order valence-electron chi connectivity index (χ3n) is 4.13. The highest BCUT2D eigenvalue weighted by Crippen LogP contribution is 2.24. The molecule has 1 amide bonds. The molecule has 134 valence electrons. The van der Waals surface area contributed by atoms with E-state index in [0.29, 0.717) is 29.7 Å². The molecule has 25 heavy (non-hydrogen) atoms. The summed E-state index contributed by atoms with van der Waals surface area (Å²) < 4.78 is 5.76. The first-order valence-electron chi connectivity index (χ1n) is 8.79. The van der Waals surface area contributed by atoms with Crippen molar-refractivity contribution in [2.75, 3.05) is 6.54 Å². The van der Waals surface area contributed by atoms with Crippen LogP contribution in [-0.4, -0.2) is 18.6 Å². The van der Waals surface area contributed by atoms with E-state index in [1.807, 2.05) is 19.1 Å². The SMILES string of the molecule is CC[C@@H](Oc1ccccc1Cl)C(=O)NCCc1ccc(C(C)C)cc1. The van der Waals surface area contributed by atoms with Crippen LogP contribution in [0.1, 0.15) is 44.2 Å². The standard InChI is InChI=1S/C21H26ClNO2/c1-4-19(25-20-8-6-5-7-18(20)22)21(24)23-14-13-16-9-11-17(12-10-16)15(2)3/h5-12,15,19H,4,13-14H2,1-3H3,(H,23,24)/t19-/m1/s1. The molecule has 0 aliphatic rings. The molecule has 0 unspecified atom stereocenters. The Morgan fingerprint density at radius 2 is 1.80 bits per heavy atom. The zero-order valence-electron chi connectivity index (χ0n) is 15.1. The van der Waals surface area contributed by atoms with Gasteiger partial charge in [-0.2, -0.15) is 0 Å². The van der Waals surface area contributed by atoms with Gasteiger partial charge in [-0.1, -0.05) is 68.8 Å². The van der Waals surface area contributed by atoms with Gasteiger partial charge in [0.25, 0.3) is 5.91 Å². The fourth-order valence-electron chi connectivity index (χ4n) is 2.53. The maximum atomic E-state index is 12.3. The second-order valence-corrected chi connectivity index (χ2v) is 6.79. The summed E-state index contributed by atoms with van der Waals surface area (Å²) in [5.41, 5.74) is 2.54. The lowest BCUT2D eigenvalue weighted by Crippen LogP contribution is -2.39. The van der Waals surface area contributed by atoms with Gasteiger partial charge in [0.15, 0.2) is 6.10 Å². The minimum Gasteiger partial charge on any atom is -0.479 e. The van der Waals surface area contributed by atoms with E-state index < -0.39 is 6.10 Å². The Morgan fingerprint density at radius 1 is 1.12 bits per heavy atom. The molecule has 0 aromatic heterocycles. The summed E-state index contributed by atoms with van der Waals surface area (Å²) in [6, 6.07) is 15.7. The number of amides is 1. The van der Waals surface area contributed by atoms with Crippen molar-refractivity contribution in [3.8, 4) is 5.75 Å². The van der Waals surface area contributed by atoms with Crippen molar-refractivity contribution in [3.05, 3.63) is 64.7 Å². The maximum Gasteiger partial charge on any atom is 0.261 e. The molecule has 0 heterocycles. The fourth-order valence-corrected chi connectivity index (χ4v) is 2.71. The quantitative estimate of drug-likeness (QED) is 0.721. The molecule has 1 N–H and O–H groups in total. The van der Waals surface area contributed by atoms with Crippen LogP contribution in [0.25, 0.3) is 0 Å². The molecule has 0 radical (unpaired) electrons. The third kappa shape index (κ3) is 5.79. The summed E-state index contributed by atoms with van der Waals surface area (Å²) in [5.74, 6) is 0.956. The van der Waals surface area contributed by atoms with Gasteiger partial charge in [0.1, 0.15) is 5.75 Å². The Kier molecular flexibility index (Phi) is 7.32. The summed E-state index contributed by atoms with van der Waals surface area (Å²) in [7, 11) is 0. The molecule has 0 aliphatic carbocycles. The van der Waals surface area contributed by atoms with Crippen molar-refractivity contribution >= 4 is 17.5 Å². The van der Waals surface area contributed by atoms with Gasteiger partial charge < -0.3 is 10.1 Å². The largest absolute Gasteiger partial charge is 0.479 e. The summed E-state index contributed by atoms with van der Waals surface area (Å²) in [4.78, 5) is 12.3. The van der Waals surface area contributed by atoms with Crippen molar-refractivity contribution in [2.45, 2.75) is 45.6 Å². The molecular formula is C21H26ClNO2. The lowest BCUT2D eigenvalue weighted by atomic mass is 10.0. The van der Waals surface area contributed by atoms with Crippen LogP contribution < -0.4 is 10.1 Å². The summed E-state index contributed by atoms with van der Waals surface area (Å²) in [6.07, 6.45) is 0.843. The first-order valence-corrected chi connectivity index (χ1v) is 9.16. The van der Waals surface area contributed by atoms with Crippen molar-refractivity contribution in [1.29, 1.82) is 0 Å². The van der Waals surface area contributed by atoms with E-state index in [1.54, 1.807) is 12.1 Å². The molecule has 0 fully saturated rings. The van der Waals surface area contributed by atoms with Gasteiger partial charge in [0.2, 0.25) is 0 Å². The van der Waals surface area contributed by atoms with Gasteiger partial charge in [-0.15, -0.1) is 0 Å². The van der Waals surface area contributed by atoms with Crippen molar-refractivity contribution in [1.82, 2.24) is 5.32 Å². The first-order chi connectivity index (χ1) is 12.0. The molecule has 2 rings (SSSR count). The Bertz CT molecular complexity index is 683. The minimum absolute atomic E-state index is 0.110. The number of nitrogens with one attached hydrogen (secondary N) is 1. The number of halogens is 1. The van der Waals surface area contributed by atoms with Crippen molar-refractivity contribution in [3.63, 3.8) is 0 Å². The molecule has 0 spiro atoms. The number of hydrogen-bond acceptors (Lipinski definition) is 2. The minimum atomic E-state index is -0.539. The van der Waals surface area contributed by atoms with E-state index in [4.69, 9.17) is 16.3 Å². The van der Waals surface area contributed by atoms with Gasteiger partial charge in [-0.3, -0.25) is 4.79 Å². The highest BCUT2D eigenvalue weighted by atomic mass is 35.5. The molecule has 0 saturated carbocycles. The molecule has 3 nitrogen and oxygen atoms in total. The molecule has 0 bridgehead atoms. The number of carbonyl (C=O) groups is 1. The number of ether oxygens (including phenoxy) is 1. The van der Waals surface area contributed by atoms with Gasteiger partial charge in [0.05, 0.1) is 5.02 Å². The Balaban J connectivity index is 1.84. The van der Waals surface area contributed by atoms with Gasteiger partial charge in [0, 0.05) is 6.54 Å². The summed E-state index contributed by atoms with van der Waals surface area (Å²) >= 11 is 6.09. The highest BCUT2D eigenvalue weighted by molar-refractivity contribution is 6.32. The molecule has 0 saturated heterocycles. The summed E-state index contributed by atoms with van der Waals surface area (Å²) in [6.45, 7) is 6.87. The topological polar surface area (TPSA) is 38.3 Å². The maximum absolute atomic E-state index is 12.3.